The lowest BCUT2D eigenvalue weighted by atomic mass is 10.0. The number of carboxylic acids is 2. The molecule has 1 aliphatic heterocycles. The van der Waals surface area contributed by atoms with E-state index in [1.807, 2.05) is 19.1 Å². The zero-order valence-electron chi connectivity index (χ0n) is 52.7. The monoisotopic (exact) mass is 1330 g/mol. The van der Waals surface area contributed by atoms with E-state index in [0.29, 0.717) is 51.1 Å². The first-order valence-corrected chi connectivity index (χ1v) is 32.5. The molecule has 1 unspecified atom stereocenters. The van der Waals surface area contributed by atoms with Crippen LogP contribution in [0.3, 0.4) is 0 Å². The molecule has 3 aromatic heterocycles. The van der Waals surface area contributed by atoms with Gasteiger partial charge in [-0.1, -0.05) is 96.1 Å². The third kappa shape index (κ3) is 25.4. The number of ketones is 1. The number of likely N-dealkylation sites (tertiary alicyclic amines) is 1. The zero-order chi connectivity index (χ0) is 65.5. The second kappa shape index (κ2) is 38.5. The first kappa shape index (κ1) is 72.7. The molecule has 1 saturated heterocycles. The molecular weight excluding hydrogens is 1240 g/mol. The van der Waals surface area contributed by atoms with Crippen LogP contribution in [-0.2, 0) is 70.4 Å². The number of aromatic nitrogens is 5. The van der Waals surface area contributed by atoms with Crippen molar-refractivity contribution in [1.29, 1.82) is 0 Å². The molecule has 6 rings (SSSR count). The number of aliphatic carboxylic acids is 2. The molecule has 7 N–H and O–H groups in total. The number of aryl methyl sites for hydroxylation is 1. The number of piperidine rings is 1. The van der Waals surface area contributed by atoms with Gasteiger partial charge in [0.15, 0.2) is 5.78 Å². The number of pyridine rings is 1. The lowest BCUT2D eigenvalue weighted by Crippen LogP contribution is -2.47. The molecule has 4 atom stereocenters. The van der Waals surface area contributed by atoms with E-state index in [-0.39, 0.29) is 163 Å². The number of hydrogen-bond donors (Lipinski definition) is 7. The molecule has 0 bridgehead atoms. The number of ether oxygens (including phenoxy) is 4. The molecule has 2 fully saturated rings. The minimum Gasteiger partial charge on any atom is -0.481 e. The number of amides is 6. The number of fused-ring (bicyclic) bond motifs is 2. The van der Waals surface area contributed by atoms with Crippen LogP contribution in [0.1, 0.15) is 164 Å². The summed E-state index contributed by atoms with van der Waals surface area (Å²) in [6.45, 7) is 6.19. The van der Waals surface area contributed by atoms with E-state index >= 15 is 0 Å². The Hall–Kier alpha value is -7.33. The molecule has 498 valence electrons. The number of anilines is 1. The zero-order valence-corrected chi connectivity index (χ0v) is 54.2. The average Bonchev–Trinajstić information content (AvgIpc) is 1.55. The number of benzene rings is 1. The highest BCUT2D eigenvalue weighted by atomic mass is 79.9. The predicted octanol–water partition coefficient (Wildman–Crippen LogP) is 6.77. The maximum atomic E-state index is 14.1. The van der Waals surface area contributed by atoms with Gasteiger partial charge >= 0.3 is 11.9 Å². The van der Waals surface area contributed by atoms with E-state index in [1.54, 1.807) is 35.5 Å². The van der Waals surface area contributed by atoms with Crippen molar-refractivity contribution in [2.24, 2.45) is 5.41 Å². The summed E-state index contributed by atoms with van der Waals surface area (Å²) in [6, 6.07) is 7.11. The van der Waals surface area contributed by atoms with Gasteiger partial charge in [-0.05, 0) is 89.7 Å². The van der Waals surface area contributed by atoms with Crippen LogP contribution >= 0.6 is 15.9 Å². The third-order valence-corrected chi connectivity index (χ3v) is 16.5. The number of carbonyl (C=O) groups is 9. The molecule has 4 heterocycles. The van der Waals surface area contributed by atoms with E-state index < -0.39 is 24.0 Å². The van der Waals surface area contributed by atoms with Crippen molar-refractivity contribution in [3.63, 3.8) is 0 Å². The van der Waals surface area contributed by atoms with Crippen LogP contribution in [-0.4, -0.2) is 177 Å². The van der Waals surface area contributed by atoms with Crippen molar-refractivity contribution in [1.82, 2.24) is 50.9 Å². The summed E-state index contributed by atoms with van der Waals surface area (Å²) in [5.41, 5.74) is 2.76. The van der Waals surface area contributed by atoms with Gasteiger partial charge in [-0.2, -0.15) is 5.10 Å². The Morgan fingerprint density at radius 1 is 0.670 bits per heavy atom. The first-order chi connectivity index (χ1) is 43.8. The van der Waals surface area contributed by atoms with Crippen LogP contribution in [0.15, 0.2) is 47.3 Å². The van der Waals surface area contributed by atoms with Crippen molar-refractivity contribution < 1.29 is 72.3 Å². The van der Waals surface area contributed by atoms with Crippen LogP contribution in [0.2, 0.25) is 0 Å². The number of unbranched alkanes of at least 4 members (excludes halogenated alkanes) is 13. The van der Waals surface area contributed by atoms with Crippen LogP contribution in [0.25, 0.3) is 22.0 Å². The second-order valence-corrected chi connectivity index (χ2v) is 24.3. The largest absolute Gasteiger partial charge is 0.481 e. The normalized spacial score (nSPS) is 16.0. The standard InChI is InChI=1S/C64H90BrN11O15/c1-43-20-24-52(65)72-61(43)73-62(85)50-35-64(3)36-51(64)76(50)58(82)40-75-49-23-21-45(34-47(49)60(74-75)44(2)77)46-37-68-53(69-38-46)39-70-57(81)42-91-33-31-89-29-27-67-56(80)41-90-32-30-88-28-26-66-54(78)25-22-48(63(86)87)71-55(79)18-16-14-12-10-8-6-4-5-7-9-11-13-15-17-19-59(83)84/h20-21,23-24,34,37-38,48,50-51H,4-19,22,25-33,35-36,39-42H2,1-3H3,(H,66,78)(H,67,80)(H,70,81)(H,71,79)(H,83,84)(H,86,87)(H,72,73,85)/t48-,50-,51?,64-/m0/s1. The third-order valence-electron chi connectivity index (χ3n) is 16.1. The maximum Gasteiger partial charge on any atom is 0.326 e. The smallest absolute Gasteiger partial charge is 0.326 e. The molecule has 0 radical (unpaired) electrons. The van der Waals surface area contributed by atoms with Crippen molar-refractivity contribution in [2.45, 2.75) is 180 Å². The Balaban J connectivity index is 0.736. The van der Waals surface area contributed by atoms with Gasteiger partial charge in [-0.25, -0.2) is 19.7 Å². The van der Waals surface area contributed by atoms with Gasteiger partial charge in [0.1, 0.15) is 53.8 Å². The quantitative estimate of drug-likeness (QED) is 0.0136. The maximum absolute atomic E-state index is 14.1. The summed E-state index contributed by atoms with van der Waals surface area (Å²) in [7, 11) is 0. The van der Waals surface area contributed by atoms with Crippen molar-refractivity contribution in [2.75, 3.05) is 71.3 Å². The molecule has 6 amide bonds. The molecule has 4 aromatic rings. The summed E-state index contributed by atoms with van der Waals surface area (Å²) in [5.74, 6) is -3.46. The minimum absolute atomic E-state index is 0.0435. The number of halogens is 1. The fraction of sp³-hybridized carbons (Fsp3) is 0.609. The molecule has 27 heteroatoms. The van der Waals surface area contributed by atoms with Crippen molar-refractivity contribution in [3.8, 4) is 11.1 Å². The molecule has 1 aliphatic carbocycles. The number of rotatable bonds is 46. The Bertz CT molecular complexity index is 3070. The minimum atomic E-state index is -1.20. The van der Waals surface area contributed by atoms with Crippen LogP contribution in [0, 0.1) is 12.3 Å². The lowest BCUT2D eigenvalue weighted by molar-refractivity contribution is -0.142. The second-order valence-electron chi connectivity index (χ2n) is 23.5. The van der Waals surface area contributed by atoms with E-state index in [1.165, 1.54) is 50.1 Å². The first-order valence-electron chi connectivity index (χ1n) is 31.7. The predicted molar refractivity (Wildman–Crippen MR) is 339 cm³/mol. The average molecular weight is 1330 g/mol. The topological polar surface area (TPSA) is 351 Å². The fourth-order valence-electron chi connectivity index (χ4n) is 10.9. The Morgan fingerprint density at radius 2 is 1.24 bits per heavy atom. The number of carboxylic acid groups (broad SMARTS) is 2. The highest BCUT2D eigenvalue weighted by Gasteiger charge is 2.64. The summed E-state index contributed by atoms with van der Waals surface area (Å²) in [6.07, 6.45) is 19.8. The van der Waals surface area contributed by atoms with Gasteiger partial charge < -0.3 is 60.6 Å². The van der Waals surface area contributed by atoms with Gasteiger partial charge in [0.2, 0.25) is 35.4 Å². The summed E-state index contributed by atoms with van der Waals surface area (Å²) in [4.78, 5) is 127. The molecular formula is C64H90BrN11O15. The van der Waals surface area contributed by atoms with Gasteiger partial charge in [-0.15, -0.1) is 0 Å². The molecule has 0 spiro atoms. The van der Waals surface area contributed by atoms with Gasteiger partial charge in [0.05, 0.1) is 51.7 Å². The summed E-state index contributed by atoms with van der Waals surface area (Å²) in [5, 5.41) is 36.9. The molecule has 91 heavy (non-hydrogen) atoms. The SMILES string of the molecule is CC(=O)c1nn(CC(=O)N2C3C[C@]3(C)C[C@H]2C(=O)Nc2nc(Br)ccc2C)c2ccc(-c3cnc(CNC(=O)COCCOCCNC(=O)COCCOCCNC(=O)CC[C@H](NC(=O)CCCCCCCCCCCCCCCCC(=O)O)C(=O)O)nc3)cc12. The van der Waals surface area contributed by atoms with Crippen molar-refractivity contribution in [3.05, 3.63) is 64.4 Å². The summed E-state index contributed by atoms with van der Waals surface area (Å²) >= 11 is 3.36. The van der Waals surface area contributed by atoms with E-state index in [4.69, 9.17) is 24.1 Å². The molecule has 2 aliphatic rings. The van der Waals surface area contributed by atoms with E-state index in [0.717, 1.165) is 56.9 Å². The van der Waals surface area contributed by atoms with Crippen LogP contribution in [0.5, 0.6) is 0 Å². The van der Waals surface area contributed by atoms with E-state index in [2.05, 4.69) is 69.5 Å². The number of nitrogens with zero attached hydrogens (tertiary/aromatic N) is 6. The number of hydrogen-bond acceptors (Lipinski definition) is 17. The number of Topliss-reactive ketones (excluding diaryl/α,β-unsaturated/α-hetero) is 1. The Morgan fingerprint density at radius 3 is 1.84 bits per heavy atom. The van der Waals surface area contributed by atoms with Crippen molar-refractivity contribution >= 4 is 85.8 Å². The number of carbonyl (C=O) groups excluding carboxylic acids is 7. The van der Waals surface area contributed by atoms with Crippen LogP contribution < -0.4 is 26.6 Å². The Labute approximate surface area is 539 Å². The Kier molecular flexibility index (Phi) is 30.8. The van der Waals surface area contributed by atoms with Gasteiger partial charge in [-0.3, -0.25) is 43.0 Å². The van der Waals surface area contributed by atoms with Gasteiger partial charge in [0.25, 0.3) is 0 Å². The lowest BCUT2D eigenvalue weighted by Gasteiger charge is -2.27. The fourth-order valence-corrected chi connectivity index (χ4v) is 11.2. The number of nitrogens with one attached hydrogen (secondary N) is 5. The molecule has 1 saturated carbocycles. The van der Waals surface area contributed by atoms with E-state index in [9.17, 15) is 48.3 Å². The van der Waals surface area contributed by atoms with Gasteiger partial charge in [0, 0.05) is 68.7 Å². The summed E-state index contributed by atoms with van der Waals surface area (Å²) < 4.78 is 23.7. The van der Waals surface area contributed by atoms with Crippen LogP contribution in [0.4, 0.5) is 5.82 Å². The highest BCUT2D eigenvalue weighted by molar-refractivity contribution is 9.10. The highest BCUT2D eigenvalue weighted by Crippen LogP contribution is 2.59. The molecule has 1 aromatic carbocycles. The molecule has 26 nitrogen and oxygen atoms in total.